The molecule has 0 bridgehead atoms. The lowest BCUT2D eigenvalue weighted by Gasteiger charge is -2.21. The van der Waals surface area contributed by atoms with Crippen LogP contribution in [0.25, 0.3) is 0 Å². The van der Waals surface area contributed by atoms with Crippen molar-refractivity contribution in [2.24, 2.45) is 5.92 Å². The summed E-state index contributed by atoms with van der Waals surface area (Å²) >= 11 is 0. The third kappa shape index (κ3) is 2.37. The lowest BCUT2D eigenvalue weighted by Crippen LogP contribution is -2.24. The largest absolute Gasteiger partial charge is 0.481 e. The van der Waals surface area contributed by atoms with Gasteiger partial charge < -0.3 is 14.5 Å². The second kappa shape index (κ2) is 5.20. The average Bonchev–Trinajstić information content (AvgIpc) is 2.87. The minimum absolute atomic E-state index is 0.223. The van der Waals surface area contributed by atoms with Crippen molar-refractivity contribution in [2.75, 3.05) is 18.5 Å². The van der Waals surface area contributed by atoms with E-state index >= 15 is 0 Å². The Bertz CT molecular complexity index is 455. The smallest absolute Gasteiger partial charge is 0.307 e. The number of aromatic nitrogens is 2. The van der Waals surface area contributed by atoms with Crippen LogP contribution in [-0.4, -0.2) is 34.8 Å². The van der Waals surface area contributed by atoms with Crippen LogP contribution < -0.4 is 4.90 Å². The molecule has 1 aromatic rings. The van der Waals surface area contributed by atoms with Gasteiger partial charge in [0, 0.05) is 13.6 Å². The fourth-order valence-corrected chi connectivity index (χ4v) is 2.03. The van der Waals surface area contributed by atoms with Gasteiger partial charge in [-0.15, -0.1) is 0 Å². The Hall–Kier alpha value is -1.85. The standard InChI is InChI=1S/C12H17N3O3/c1-3-15(2)12-13-10(18-14-12)8-6-4-5-7-9(8)11(16)17/h4-5,8-9H,3,6-7H2,1-2H3,(H,16,17). The first kappa shape index (κ1) is 12.6. The fourth-order valence-electron chi connectivity index (χ4n) is 2.03. The molecule has 0 saturated carbocycles. The highest BCUT2D eigenvalue weighted by atomic mass is 16.5. The van der Waals surface area contributed by atoms with Crippen molar-refractivity contribution < 1.29 is 14.4 Å². The Balaban J connectivity index is 2.21. The lowest BCUT2D eigenvalue weighted by molar-refractivity contribution is -0.142. The van der Waals surface area contributed by atoms with Gasteiger partial charge in [-0.05, 0) is 24.9 Å². The van der Waals surface area contributed by atoms with E-state index in [0.717, 1.165) is 6.54 Å². The Kier molecular flexibility index (Phi) is 3.64. The summed E-state index contributed by atoms with van der Waals surface area (Å²) in [5, 5.41) is 13.1. The van der Waals surface area contributed by atoms with Gasteiger partial charge in [0.1, 0.15) is 0 Å². The van der Waals surface area contributed by atoms with Crippen LogP contribution in [0.5, 0.6) is 0 Å². The van der Waals surface area contributed by atoms with Gasteiger partial charge in [-0.1, -0.05) is 12.2 Å². The molecule has 1 aromatic heterocycles. The summed E-state index contributed by atoms with van der Waals surface area (Å²) in [4.78, 5) is 17.3. The van der Waals surface area contributed by atoms with E-state index < -0.39 is 11.9 Å². The number of hydrogen-bond acceptors (Lipinski definition) is 5. The first-order valence-electron chi connectivity index (χ1n) is 6.06. The molecule has 1 N–H and O–H groups in total. The summed E-state index contributed by atoms with van der Waals surface area (Å²) in [6.45, 7) is 2.76. The molecule has 1 heterocycles. The SMILES string of the molecule is CCN(C)c1noc(C2CC=CCC2C(=O)O)n1. The zero-order valence-electron chi connectivity index (χ0n) is 10.5. The molecule has 18 heavy (non-hydrogen) atoms. The van der Waals surface area contributed by atoms with Gasteiger partial charge >= 0.3 is 5.97 Å². The molecular formula is C12H17N3O3. The summed E-state index contributed by atoms with van der Waals surface area (Å²) in [5.74, 6) is -0.588. The topological polar surface area (TPSA) is 79.5 Å². The van der Waals surface area contributed by atoms with Crippen LogP contribution in [0.15, 0.2) is 16.7 Å². The Morgan fingerprint density at radius 2 is 2.28 bits per heavy atom. The zero-order chi connectivity index (χ0) is 13.1. The van der Waals surface area contributed by atoms with Crippen molar-refractivity contribution in [2.45, 2.75) is 25.7 Å². The molecule has 6 nitrogen and oxygen atoms in total. The number of carboxylic acids is 1. The summed E-state index contributed by atoms with van der Waals surface area (Å²) in [5.41, 5.74) is 0. The average molecular weight is 251 g/mol. The van der Waals surface area contributed by atoms with Gasteiger partial charge in [0.15, 0.2) is 0 Å². The number of hydrogen-bond donors (Lipinski definition) is 1. The first-order chi connectivity index (χ1) is 8.63. The molecule has 2 rings (SSSR count). The van der Waals surface area contributed by atoms with Crippen molar-refractivity contribution in [1.29, 1.82) is 0 Å². The normalized spacial score (nSPS) is 23.0. The number of rotatable bonds is 4. The lowest BCUT2D eigenvalue weighted by atomic mass is 9.83. The molecule has 98 valence electrons. The number of allylic oxidation sites excluding steroid dienone is 2. The van der Waals surface area contributed by atoms with Crippen LogP contribution in [0.3, 0.4) is 0 Å². The summed E-state index contributed by atoms with van der Waals surface area (Å²) < 4.78 is 5.21. The van der Waals surface area contributed by atoms with E-state index in [1.165, 1.54) is 0 Å². The molecule has 1 aliphatic rings. The quantitative estimate of drug-likeness (QED) is 0.820. The van der Waals surface area contributed by atoms with Crippen molar-refractivity contribution in [1.82, 2.24) is 10.1 Å². The molecule has 0 aliphatic heterocycles. The molecule has 0 aromatic carbocycles. The maximum atomic E-state index is 11.2. The summed E-state index contributed by atoms with van der Waals surface area (Å²) in [6.07, 6.45) is 5.01. The van der Waals surface area contributed by atoms with E-state index in [0.29, 0.717) is 24.7 Å². The summed E-state index contributed by atoms with van der Waals surface area (Å²) in [7, 11) is 1.87. The molecule has 0 fully saturated rings. The van der Waals surface area contributed by atoms with Crippen molar-refractivity contribution in [3.05, 3.63) is 18.0 Å². The molecule has 2 atom stereocenters. The van der Waals surface area contributed by atoms with Crippen LogP contribution in [-0.2, 0) is 4.79 Å². The fraction of sp³-hybridized carbons (Fsp3) is 0.583. The predicted octanol–water partition coefficient (Wildman–Crippen LogP) is 1.66. The van der Waals surface area contributed by atoms with Gasteiger partial charge in [0.25, 0.3) is 5.95 Å². The zero-order valence-corrected chi connectivity index (χ0v) is 10.5. The molecular weight excluding hydrogens is 234 g/mol. The van der Waals surface area contributed by atoms with Crippen LogP contribution in [0.2, 0.25) is 0 Å². The number of carboxylic acid groups (broad SMARTS) is 1. The van der Waals surface area contributed by atoms with E-state index in [2.05, 4.69) is 10.1 Å². The third-order valence-corrected chi connectivity index (χ3v) is 3.31. The van der Waals surface area contributed by atoms with E-state index in [9.17, 15) is 9.90 Å². The van der Waals surface area contributed by atoms with Crippen molar-refractivity contribution >= 4 is 11.9 Å². The molecule has 2 unspecified atom stereocenters. The number of carbonyl (C=O) groups is 1. The maximum absolute atomic E-state index is 11.2. The minimum Gasteiger partial charge on any atom is -0.481 e. The Labute approximate surface area is 105 Å². The number of aliphatic carboxylic acids is 1. The minimum atomic E-state index is -0.812. The molecule has 6 heteroatoms. The highest BCUT2D eigenvalue weighted by Gasteiger charge is 2.34. The van der Waals surface area contributed by atoms with E-state index in [1.54, 1.807) is 0 Å². The second-order valence-corrected chi connectivity index (χ2v) is 4.44. The monoisotopic (exact) mass is 251 g/mol. The third-order valence-electron chi connectivity index (χ3n) is 3.31. The van der Waals surface area contributed by atoms with Crippen molar-refractivity contribution in [3.63, 3.8) is 0 Å². The van der Waals surface area contributed by atoms with Gasteiger partial charge in [0.05, 0.1) is 11.8 Å². The van der Waals surface area contributed by atoms with Gasteiger partial charge in [-0.3, -0.25) is 4.79 Å². The number of nitrogens with zero attached hydrogens (tertiary/aromatic N) is 3. The number of anilines is 1. The van der Waals surface area contributed by atoms with Crippen LogP contribution in [0.1, 0.15) is 31.6 Å². The second-order valence-electron chi connectivity index (χ2n) is 4.44. The Morgan fingerprint density at radius 3 is 2.94 bits per heavy atom. The molecule has 0 amide bonds. The maximum Gasteiger partial charge on any atom is 0.307 e. The first-order valence-corrected chi connectivity index (χ1v) is 6.06. The Morgan fingerprint density at radius 1 is 1.56 bits per heavy atom. The molecule has 0 saturated heterocycles. The van der Waals surface area contributed by atoms with Crippen LogP contribution in [0.4, 0.5) is 5.95 Å². The highest BCUT2D eigenvalue weighted by Crippen LogP contribution is 2.34. The van der Waals surface area contributed by atoms with Gasteiger partial charge in [-0.2, -0.15) is 4.98 Å². The highest BCUT2D eigenvalue weighted by molar-refractivity contribution is 5.71. The van der Waals surface area contributed by atoms with E-state index in [1.807, 2.05) is 31.0 Å². The van der Waals surface area contributed by atoms with E-state index in [-0.39, 0.29) is 5.92 Å². The molecule has 1 aliphatic carbocycles. The van der Waals surface area contributed by atoms with Gasteiger partial charge in [0.2, 0.25) is 5.89 Å². The van der Waals surface area contributed by atoms with Crippen LogP contribution in [0, 0.1) is 5.92 Å². The summed E-state index contributed by atoms with van der Waals surface area (Å²) in [6, 6.07) is 0. The van der Waals surface area contributed by atoms with E-state index in [4.69, 9.17) is 4.52 Å². The molecule has 0 spiro atoms. The van der Waals surface area contributed by atoms with Crippen LogP contribution >= 0.6 is 0 Å². The predicted molar refractivity (Wildman–Crippen MR) is 65.5 cm³/mol. The van der Waals surface area contributed by atoms with Crippen molar-refractivity contribution in [3.8, 4) is 0 Å². The van der Waals surface area contributed by atoms with Gasteiger partial charge in [-0.25, -0.2) is 0 Å². The molecule has 0 radical (unpaired) electrons.